The molecular weight excluding hydrogens is 462 g/mol. The Balaban J connectivity index is 1.54. The average Bonchev–Trinajstić information content (AvgIpc) is 2.93. The first-order valence-electron chi connectivity index (χ1n) is 13.1. The van der Waals surface area contributed by atoms with Crippen molar-refractivity contribution in [1.82, 2.24) is 10.2 Å². The lowest BCUT2D eigenvalue weighted by atomic mass is 9.66. The van der Waals surface area contributed by atoms with Crippen molar-refractivity contribution in [3.05, 3.63) is 95.6 Å². The van der Waals surface area contributed by atoms with Gasteiger partial charge in [-0.15, -0.1) is 0 Å². The molecule has 0 aromatic heterocycles. The molecule has 3 fully saturated rings. The van der Waals surface area contributed by atoms with Crippen LogP contribution in [0.15, 0.2) is 78.9 Å². The zero-order valence-corrected chi connectivity index (χ0v) is 21.9. The predicted octanol–water partition coefficient (Wildman–Crippen LogP) is 4.46. The number of hydrogen-bond donors (Lipinski definition) is 2. The topological polar surface area (TPSA) is 65.0 Å². The van der Waals surface area contributed by atoms with E-state index in [-0.39, 0.29) is 29.8 Å². The van der Waals surface area contributed by atoms with Crippen molar-refractivity contribution in [3.63, 3.8) is 0 Å². The van der Waals surface area contributed by atoms with Crippen LogP contribution in [-0.2, 0) is 11.3 Å². The van der Waals surface area contributed by atoms with Crippen molar-refractivity contribution < 1.29 is 14.6 Å². The number of carboxylic acids is 1. The van der Waals surface area contributed by atoms with Gasteiger partial charge in [0.1, 0.15) is 5.75 Å². The smallest absolute Gasteiger partial charge is 0.308 e. The molecule has 3 aromatic rings. The highest BCUT2D eigenvalue weighted by Gasteiger charge is 2.52. The van der Waals surface area contributed by atoms with Crippen molar-refractivity contribution in [3.8, 4) is 5.75 Å². The molecule has 194 valence electrons. The monoisotopic (exact) mass is 499 g/mol. The van der Waals surface area contributed by atoms with Crippen LogP contribution >= 0.6 is 0 Å². The Kier molecular flexibility index (Phi) is 7.49. The molecule has 6 nitrogen and oxygen atoms in total. The third kappa shape index (κ3) is 5.09. The summed E-state index contributed by atoms with van der Waals surface area (Å²) in [6.45, 7) is 2.13. The van der Waals surface area contributed by atoms with E-state index in [0.29, 0.717) is 13.1 Å². The van der Waals surface area contributed by atoms with Crippen molar-refractivity contribution >= 4 is 11.7 Å². The number of anilines is 1. The first-order chi connectivity index (χ1) is 18.0. The van der Waals surface area contributed by atoms with E-state index >= 15 is 0 Å². The summed E-state index contributed by atoms with van der Waals surface area (Å²) in [5.74, 6) is -0.0286. The fraction of sp³-hybridized carbons (Fsp3) is 0.387. The minimum atomic E-state index is -0.692. The van der Waals surface area contributed by atoms with Crippen LogP contribution in [0.3, 0.4) is 0 Å². The van der Waals surface area contributed by atoms with E-state index in [1.807, 2.05) is 20.2 Å². The molecule has 3 aliphatic heterocycles. The molecule has 0 spiro atoms. The molecule has 3 aromatic carbocycles. The Morgan fingerprint density at radius 1 is 1.05 bits per heavy atom. The maximum absolute atomic E-state index is 12.3. The molecule has 0 radical (unpaired) electrons. The number of hydrogen-bond acceptors (Lipinski definition) is 5. The molecule has 3 aliphatic rings. The van der Waals surface area contributed by atoms with E-state index in [4.69, 9.17) is 4.74 Å². The van der Waals surface area contributed by atoms with E-state index in [9.17, 15) is 9.90 Å². The Hall–Kier alpha value is -3.35. The highest BCUT2D eigenvalue weighted by Crippen LogP contribution is 2.44. The maximum atomic E-state index is 12.3. The normalized spacial score (nSPS) is 24.7. The minimum Gasteiger partial charge on any atom is -0.496 e. The second-order valence-corrected chi connectivity index (χ2v) is 10.5. The van der Waals surface area contributed by atoms with Crippen LogP contribution in [0.5, 0.6) is 5.75 Å². The molecule has 6 heteroatoms. The number of benzene rings is 3. The van der Waals surface area contributed by atoms with Gasteiger partial charge >= 0.3 is 5.97 Å². The number of carbonyl (C=O) groups is 1. The second kappa shape index (κ2) is 11.0. The number of nitrogens with zero attached hydrogens (tertiary/aromatic N) is 2. The van der Waals surface area contributed by atoms with Crippen molar-refractivity contribution in [2.45, 2.75) is 31.0 Å². The number of piperidine rings is 3. The molecule has 2 bridgehead atoms. The molecule has 3 saturated heterocycles. The van der Waals surface area contributed by atoms with Gasteiger partial charge in [0.2, 0.25) is 0 Å². The zero-order chi connectivity index (χ0) is 25.9. The quantitative estimate of drug-likeness (QED) is 0.453. The predicted molar refractivity (Wildman–Crippen MR) is 147 cm³/mol. The van der Waals surface area contributed by atoms with Gasteiger partial charge in [-0.25, -0.2) is 0 Å². The molecule has 2 N–H and O–H groups in total. The molecule has 0 aliphatic carbocycles. The molecule has 3 heterocycles. The fourth-order valence-electron chi connectivity index (χ4n) is 6.44. The summed E-state index contributed by atoms with van der Waals surface area (Å²) in [5.41, 5.74) is 4.71. The first kappa shape index (κ1) is 25.3. The largest absolute Gasteiger partial charge is 0.496 e. The first-order valence-corrected chi connectivity index (χ1v) is 13.1. The SMILES string of the molecule is COc1ccc(N(C)C)cc1CN[C@H]1[C@H]2CCN(C[C@@H]2C(=O)O)[C@H]1C(c1ccccc1)c1ccccc1. The summed E-state index contributed by atoms with van der Waals surface area (Å²) < 4.78 is 5.69. The van der Waals surface area contributed by atoms with Gasteiger partial charge in [0.05, 0.1) is 13.0 Å². The van der Waals surface area contributed by atoms with E-state index in [1.54, 1.807) is 7.11 Å². The fourth-order valence-corrected chi connectivity index (χ4v) is 6.44. The lowest BCUT2D eigenvalue weighted by molar-refractivity contribution is -0.152. The third-order valence-corrected chi connectivity index (χ3v) is 8.23. The summed E-state index contributed by atoms with van der Waals surface area (Å²) >= 11 is 0. The molecule has 6 rings (SSSR count). The Morgan fingerprint density at radius 2 is 1.70 bits per heavy atom. The van der Waals surface area contributed by atoms with Crippen LogP contribution in [0.1, 0.15) is 29.0 Å². The van der Waals surface area contributed by atoms with Gasteiger partial charge in [0.15, 0.2) is 0 Å². The number of rotatable bonds is 9. The molecule has 37 heavy (non-hydrogen) atoms. The number of aliphatic carboxylic acids is 1. The Bertz CT molecular complexity index is 1160. The van der Waals surface area contributed by atoms with Crippen molar-refractivity contribution in [2.75, 3.05) is 39.2 Å². The molecule has 1 unspecified atom stereocenters. The lowest BCUT2D eigenvalue weighted by Crippen LogP contribution is -2.68. The van der Waals surface area contributed by atoms with Gasteiger partial charge in [-0.2, -0.15) is 0 Å². The molecule has 0 saturated carbocycles. The highest BCUT2D eigenvalue weighted by atomic mass is 16.5. The van der Waals surface area contributed by atoms with Gasteiger partial charge in [-0.3, -0.25) is 9.69 Å². The van der Waals surface area contributed by atoms with Crippen LogP contribution in [0.2, 0.25) is 0 Å². The highest BCUT2D eigenvalue weighted by molar-refractivity contribution is 5.71. The molecule has 5 atom stereocenters. The summed E-state index contributed by atoms with van der Waals surface area (Å²) in [5, 5.41) is 14.0. The van der Waals surface area contributed by atoms with E-state index in [2.05, 4.69) is 87.9 Å². The molecule has 0 amide bonds. The van der Waals surface area contributed by atoms with Gasteiger partial charge in [0.25, 0.3) is 0 Å². The maximum Gasteiger partial charge on any atom is 0.308 e. The Morgan fingerprint density at radius 3 is 2.27 bits per heavy atom. The van der Waals surface area contributed by atoms with E-state index in [1.165, 1.54) is 11.1 Å². The van der Waals surface area contributed by atoms with Crippen LogP contribution < -0.4 is 15.0 Å². The van der Waals surface area contributed by atoms with E-state index < -0.39 is 5.97 Å². The average molecular weight is 500 g/mol. The van der Waals surface area contributed by atoms with Gasteiger partial charge in [-0.1, -0.05) is 60.7 Å². The number of fused-ring (bicyclic) bond motifs is 3. The summed E-state index contributed by atoms with van der Waals surface area (Å²) in [4.78, 5) is 16.8. The van der Waals surface area contributed by atoms with Crippen molar-refractivity contribution in [1.29, 1.82) is 0 Å². The number of ether oxygens (including phenoxy) is 1. The van der Waals surface area contributed by atoms with Gasteiger partial charge in [-0.05, 0) is 48.2 Å². The summed E-state index contributed by atoms with van der Waals surface area (Å²) in [6.07, 6.45) is 0.885. The van der Waals surface area contributed by atoms with Crippen LogP contribution in [0.4, 0.5) is 5.69 Å². The number of nitrogens with one attached hydrogen (secondary N) is 1. The molecular formula is C31H37N3O3. The summed E-state index contributed by atoms with van der Waals surface area (Å²) in [7, 11) is 5.76. The van der Waals surface area contributed by atoms with Crippen LogP contribution in [-0.4, -0.2) is 62.4 Å². The zero-order valence-electron chi connectivity index (χ0n) is 21.9. The van der Waals surface area contributed by atoms with Crippen molar-refractivity contribution in [2.24, 2.45) is 11.8 Å². The summed E-state index contributed by atoms with van der Waals surface area (Å²) in [6, 6.07) is 27.7. The number of carboxylic acid groups (broad SMARTS) is 1. The van der Waals surface area contributed by atoms with E-state index in [0.717, 1.165) is 30.0 Å². The number of methoxy groups -OCH3 is 1. The minimum absolute atomic E-state index is 0.0155. The third-order valence-electron chi connectivity index (χ3n) is 8.23. The second-order valence-electron chi connectivity index (χ2n) is 10.5. The van der Waals surface area contributed by atoms with Crippen LogP contribution in [0.25, 0.3) is 0 Å². The lowest BCUT2D eigenvalue weighted by Gasteiger charge is -2.56. The van der Waals surface area contributed by atoms with Crippen LogP contribution in [0, 0.1) is 11.8 Å². The standard InChI is InChI=1S/C31H37N3O3/c1-33(2)24-14-15-27(37-3)23(18-24)19-32-29-25-16-17-34(20-26(25)31(35)36)30(29)28(21-10-6-4-7-11-21)22-12-8-5-9-13-22/h4-15,18,25-26,28-30,32H,16-17,19-20H2,1-3H3,(H,35,36)/t25-,26-,29-,30-/m0/s1. The van der Waals surface area contributed by atoms with Gasteiger partial charge in [0, 0.05) is 56.4 Å². The van der Waals surface area contributed by atoms with Gasteiger partial charge < -0.3 is 20.1 Å². The Labute approximate surface area is 219 Å².